The Kier molecular flexibility index (Phi) is 12.2. The molecule has 0 aliphatic heterocycles. The summed E-state index contributed by atoms with van der Waals surface area (Å²) in [6.07, 6.45) is 3.44. The lowest BCUT2D eigenvalue weighted by Gasteiger charge is -2.34. The number of halogens is 1. The van der Waals surface area contributed by atoms with E-state index < -0.39 is 35.8 Å². The maximum atomic E-state index is 14.3. The van der Waals surface area contributed by atoms with Crippen LogP contribution in [0.15, 0.2) is 78.9 Å². The Bertz CT molecular complexity index is 1450. The third-order valence-electron chi connectivity index (χ3n) is 7.94. The maximum absolute atomic E-state index is 14.3. The summed E-state index contributed by atoms with van der Waals surface area (Å²) in [5.74, 6) is -1.62. The fraction of sp³-hybridized carbons (Fsp3) is 0.400. The van der Waals surface area contributed by atoms with Gasteiger partial charge in [0, 0.05) is 39.0 Å². The number of carbonyl (C=O) groups excluding carboxylic acids is 3. The molecule has 0 saturated carbocycles. The van der Waals surface area contributed by atoms with E-state index in [0.29, 0.717) is 12.0 Å². The average Bonchev–Trinajstić information content (AvgIpc) is 3.00. The lowest BCUT2D eigenvalue weighted by molar-refractivity contribution is -0.146. The number of nitrogens with one attached hydrogen (secondary N) is 2. The number of aliphatic hydroxyl groups is 1. The highest BCUT2D eigenvalue weighted by Gasteiger charge is 2.35. The number of likely N-dealkylation sites (N-methyl/N-ethyl adjacent to an activating group) is 2. The molecule has 0 fully saturated rings. The summed E-state index contributed by atoms with van der Waals surface area (Å²) >= 11 is 0. The molecule has 0 heterocycles. The molecule has 0 saturated heterocycles. The predicted octanol–water partition coefficient (Wildman–Crippen LogP) is 3.86. The summed E-state index contributed by atoms with van der Waals surface area (Å²) in [5.41, 5.74) is 1.32. The van der Waals surface area contributed by atoms with Crippen LogP contribution in [0.4, 0.5) is 4.39 Å². The van der Waals surface area contributed by atoms with Crippen LogP contribution in [0.1, 0.15) is 38.3 Å². The van der Waals surface area contributed by atoms with Crippen LogP contribution in [0.2, 0.25) is 0 Å². The van der Waals surface area contributed by atoms with Crippen molar-refractivity contribution in [1.82, 2.24) is 20.4 Å². The van der Waals surface area contributed by atoms with Gasteiger partial charge in [0.15, 0.2) is 0 Å². The number of rotatable bonds is 14. The summed E-state index contributed by atoms with van der Waals surface area (Å²) in [4.78, 5) is 43.8. The molecule has 3 N–H and O–H groups in total. The van der Waals surface area contributed by atoms with Gasteiger partial charge in [-0.05, 0) is 74.3 Å². The molecular formula is C35H45FN4O4. The second kappa shape index (κ2) is 15.6. The van der Waals surface area contributed by atoms with Crippen molar-refractivity contribution >= 4 is 28.5 Å². The third kappa shape index (κ3) is 9.72. The molecule has 0 aliphatic carbocycles. The van der Waals surface area contributed by atoms with Crippen molar-refractivity contribution in [3.05, 3.63) is 95.8 Å². The van der Waals surface area contributed by atoms with E-state index in [4.69, 9.17) is 0 Å². The zero-order valence-electron chi connectivity index (χ0n) is 26.5. The summed E-state index contributed by atoms with van der Waals surface area (Å²) in [7, 11) is 4.99. The number of nitrogens with zero attached hydrogens (tertiary/aromatic N) is 2. The second-order valence-electron chi connectivity index (χ2n) is 12.0. The molecule has 236 valence electrons. The fourth-order valence-electron chi connectivity index (χ4n) is 4.81. The monoisotopic (exact) mass is 604 g/mol. The van der Waals surface area contributed by atoms with Crippen molar-refractivity contribution in [2.75, 3.05) is 27.7 Å². The Morgan fingerprint density at radius 2 is 1.52 bits per heavy atom. The van der Waals surface area contributed by atoms with Crippen LogP contribution in [0.25, 0.3) is 10.8 Å². The highest BCUT2D eigenvalue weighted by molar-refractivity contribution is 5.95. The Hall–Kier alpha value is -4.08. The molecular weight excluding hydrogens is 559 g/mol. The normalized spacial score (nSPS) is 13.8. The average molecular weight is 605 g/mol. The highest BCUT2D eigenvalue weighted by Crippen LogP contribution is 2.20. The molecule has 3 unspecified atom stereocenters. The Morgan fingerprint density at radius 1 is 0.909 bits per heavy atom. The first-order valence-electron chi connectivity index (χ1n) is 14.9. The Balaban J connectivity index is 1.95. The van der Waals surface area contributed by atoms with Gasteiger partial charge in [-0.2, -0.15) is 0 Å². The first-order chi connectivity index (χ1) is 20.8. The van der Waals surface area contributed by atoms with Crippen LogP contribution in [-0.2, 0) is 27.2 Å². The number of carbonyl (C=O) groups is 3. The van der Waals surface area contributed by atoms with Crippen LogP contribution >= 0.6 is 0 Å². The van der Waals surface area contributed by atoms with Crippen LogP contribution in [0.5, 0.6) is 0 Å². The highest BCUT2D eigenvalue weighted by atomic mass is 19.1. The first-order valence-corrected chi connectivity index (χ1v) is 14.9. The Morgan fingerprint density at radius 3 is 2.16 bits per heavy atom. The molecule has 0 bridgehead atoms. The van der Waals surface area contributed by atoms with E-state index in [0.717, 1.165) is 16.3 Å². The molecule has 3 amide bonds. The van der Waals surface area contributed by atoms with Gasteiger partial charge in [0.2, 0.25) is 17.7 Å². The molecule has 0 aromatic heterocycles. The summed E-state index contributed by atoms with van der Waals surface area (Å²) in [5, 5.41) is 17.7. The minimum Gasteiger partial charge on any atom is -0.392 e. The quantitative estimate of drug-likeness (QED) is 0.243. The fourth-order valence-corrected chi connectivity index (χ4v) is 4.81. The van der Waals surface area contributed by atoms with Gasteiger partial charge in [0.1, 0.15) is 17.9 Å². The topological polar surface area (TPSA) is 102 Å². The molecule has 0 spiro atoms. The standard InChI is InChI=1S/C35H45FN4O4/c1-24(41)23-38-33(43)30(21-25-14-17-29(36)18-15-25)40(6)34(44)31(39(5)32(42)12-9-19-35(2,3)37-4)22-26-13-16-27-10-7-8-11-28(27)20-26/h7-18,20,24,30-31,37,41H,19,21-23H2,1-6H3,(H,38,43)/b12-9+. The van der Waals surface area contributed by atoms with Gasteiger partial charge in [-0.1, -0.05) is 60.7 Å². The van der Waals surface area contributed by atoms with Crippen molar-refractivity contribution in [1.29, 1.82) is 0 Å². The van der Waals surface area contributed by atoms with Crippen LogP contribution in [0, 0.1) is 5.82 Å². The van der Waals surface area contributed by atoms with E-state index in [1.54, 1.807) is 32.2 Å². The van der Waals surface area contributed by atoms with Gasteiger partial charge in [-0.3, -0.25) is 14.4 Å². The molecule has 44 heavy (non-hydrogen) atoms. The predicted molar refractivity (Wildman–Crippen MR) is 172 cm³/mol. The molecule has 0 aliphatic rings. The minimum absolute atomic E-state index is 0.00739. The van der Waals surface area contributed by atoms with E-state index >= 15 is 0 Å². The molecule has 3 aromatic carbocycles. The van der Waals surface area contributed by atoms with E-state index in [1.807, 2.05) is 63.4 Å². The minimum atomic E-state index is -0.971. The summed E-state index contributed by atoms with van der Waals surface area (Å²) in [6.45, 7) is 5.61. The number of fused-ring (bicyclic) bond motifs is 1. The second-order valence-corrected chi connectivity index (χ2v) is 12.0. The molecule has 9 heteroatoms. The Labute approximate surface area is 259 Å². The van der Waals surface area contributed by atoms with Crippen molar-refractivity contribution in [3.63, 3.8) is 0 Å². The summed E-state index contributed by atoms with van der Waals surface area (Å²) < 4.78 is 13.6. The van der Waals surface area contributed by atoms with Gasteiger partial charge in [0.05, 0.1) is 6.10 Å². The van der Waals surface area contributed by atoms with E-state index in [1.165, 1.54) is 35.1 Å². The van der Waals surface area contributed by atoms with Crippen LogP contribution in [-0.4, -0.2) is 84.0 Å². The molecule has 3 rings (SSSR count). The molecule has 3 aromatic rings. The van der Waals surface area contributed by atoms with Crippen molar-refractivity contribution in [3.8, 4) is 0 Å². The molecule has 0 radical (unpaired) electrons. The number of benzene rings is 3. The van der Waals surface area contributed by atoms with Crippen molar-refractivity contribution < 1.29 is 23.9 Å². The molecule has 3 atom stereocenters. The lowest BCUT2D eigenvalue weighted by Crippen LogP contribution is -2.56. The SMILES string of the molecule is CNC(C)(C)C/C=C/C(=O)N(C)C(Cc1ccc2ccccc2c1)C(=O)N(C)C(Cc1ccc(F)cc1)C(=O)NCC(C)O. The maximum Gasteiger partial charge on any atom is 0.246 e. The number of aliphatic hydroxyl groups excluding tert-OH is 1. The summed E-state index contributed by atoms with van der Waals surface area (Å²) in [6, 6.07) is 17.7. The number of hydrogen-bond donors (Lipinski definition) is 3. The van der Waals surface area contributed by atoms with Crippen LogP contribution in [0.3, 0.4) is 0 Å². The van der Waals surface area contributed by atoms with Gasteiger partial charge >= 0.3 is 0 Å². The smallest absolute Gasteiger partial charge is 0.246 e. The van der Waals surface area contributed by atoms with E-state index in [-0.39, 0.29) is 30.8 Å². The zero-order chi connectivity index (χ0) is 32.4. The first kappa shape index (κ1) is 34.4. The van der Waals surface area contributed by atoms with E-state index in [2.05, 4.69) is 10.6 Å². The van der Waals surface area contributed by atoms with Crippen molar-refractivity contribution in [2.24, 2.45) is 0 Å². The largest absolute Gasteiger partial charge is 0.392 e. The van der Waals surface area contributed by atoms with Gasteiger partial charge in [-0.15, -0.1) is 0 Å². The number of amides is 3. The van der Waals surface area contributed by atoms with Crippen molar-refractivity contribution in [2.45, 2.75) is 63.8 Å². The molecule has 8 nitrogen and oxygen atoms in total. The van der Waals surface area contributed by atoms with E-state index in [9.17, 15) is 23.9 Å². The van der Waals surface area contributed by atoms with Gasteiger partial charge < -0.3 is 25.5 Å². The zero-order valence-corrected chi connectivity index (χ0v) is 26.5. The van der Waals surface area contributed by atoms with Gasteiger partial charge in [0.25, 0.3) is 0 Å². The lowest BCUT2D eigenvalue weighted by atomic mass is 9.98. The number of hydrogen-bond acceptors (Lipinski definition) is 5. The van der Waals surface area contributed by atoms with Gasteiger partial charge in [-0.25, -0.2) is 4.39 Å². The third-order valence-corrected chi connectivity index (χ3v) is 7.94. The van der Waals surface area contributed by atoms with Crippen LogP contribution < -0.4 is 10.6 Å².